The molecule has 0 aliphatic heterocycles. The van der Waals surface area contributed by atoms with Crippen LogP contribution in [0.5, 0.6) is 0 Å². The van der Waals surface area contributed by atoms with E-state index in [0.717, 1.165) is 5.56 Å². The zero-order valence-corrected chi connectivity index (χ0v) is 12.4. The third-order valence-corrected chi connectivity index (χ3v) is 4.88. The molecule has 0 unspecified atom stereocenters. The summed E-state index contributed by atoms with van der Waals surface area (Å²) in [5.74, 6) is -0.423. The van der Waals surface area contributed by atoms with Gasteiger partial charge in [-0.25, -0.2) is 8.42 Å². The van der Waals surface area contributed by atoms with Crippen LogP contribution in [0.2, 0.25) is 0 Å². The molecule has 2 aromatic rings. The van der Waals surface area contributed by atoms with E-state index in [1.165, 1.54) is 11.4 Å². The van der Waals surface area contributed by atoms with Gasteiger partial charge in [-0.1, -0.05) is 30.3 Å². The molecular formula is C15H16N2O3S. The summed E-state index contributed by atoms with van der Waals surface area (Å²) in [6.07, 6.45) is 0.134. The maximum atomic E-state index is 12.4. The van der Waals surface area contributed by atoms with E-state index < -0.39 is 15.9 Å². The third-order valence-electron chi connectivity index (χ3n) is 3.08. The molecule has 2 aromatic carbocycles. The van der Waals surface area contributed by atoms with Gasteiger partial charge in [-0.3, -0.25) is 9.10 Å². The van der Waals surface area contributed by atoms with Crippen molar-refractivity contribution in [3.63, 3.8) is 0 Å². The van der Waals surface area contributed by atoms with Crippen LogP contribution in [0.15, 0.2) is 59.5 Å². The van der Waals surface area contributed by atoms with Crippen molar-refractivity contribution in [2.75, 3.05) is 11.4 Å². The van der Waals surface area contributed by atoms with Gasteiger partial charge in [-0.15, -0.1) is 0 Å². The summed E-state index contributed by atoms with van der Waals surface area (Å²) in [6, 6.07) is 14.9. The van der Waals surface area contributed by atoms with Gasteiger partial charge in [0.15, 0.2) is 0 Å². The molecule has 0 bridgehead atoms. The maximum absolute atomic E-state index is 12.4. The number of anilines is 1. The van der Waals surface area contributed by atoms with Gasteiger partial charge in [-0.2, -0.15) is 0 Å². The number of benzene rings is 2. The highest BCUT2D eigenvalue weighted by molar-refractivity contribution is 7.92. The Morgan fingerprint density at radius 1 is 1.05 bits per heavy atom. The molecular weight excluding hydrogens is 288 g/mol. The van der Waals surface area contributed by atoms with Gasteiger partial charge in [0, 0.05) is 7.05 Å². The second-order valence-corrected chi connectivity index (χ2v) is 6.56. The quantitative estimate of drug-likeness (QED) is 0.910. The van der Waals surface area contributed by atoms with Crippen molar-refractivity contribution in [3.05, 3.63) is 60.2 Å². The summed E-state index contributed by atoms with van der Waals surface area (Å²) < 4.78 is 26.1. The van der Waals surface area contributed by atoms with Gasteiger partial charge in [0.25, 0.3) is 10.0 Å². The fourth-order valence-corrected chi connectivity index (χ4v) is 3.13. The number of hydrogen-bond donors (Lipinski definition) is 1. The van der Waals surface area contributed by atoms with Crippen molar-refractivity contribution in [1.82, 2.24) is 0 Å². The summed E-state index contributed by atoms with van der Waals surface area (Å²) >= 11 is 0. The van der Waals surface area contributed by atoms with Crippen molar-refractivity contribution in [1.29, 1.82) is 0 Å². The highest BCUT2D eigenvalue weighted by atomic mass is 32.2. The van der Waals surface area contributed by atoms with E-state index in [2.05, 4.69) is 0 Å². The minimum atomic E-state index is -3.59. The van der Waals surface area contributed by atoms with E-state index in [1.807, 2.05) is 0 Å². The molecule has 0 aliphatic rings. The van der Waals surface area contributed by atoms with Gasteiger partial charge in [0.1, 0.15) is 0 Å². The Morgan fingerprint density at radius 3 is 2.14 bits per heavy atom. The number of hydrogen-bond acceptors (Lipinski definition) is 3. The van der Waals surface area contributed by atoms with Gasteiger partial charge >= 0.3 is 0 Å². The molecule has 2 N–H and O–H groups in total. The molecule has 0 heterocycles. The first kappa shape index (κ1) is 15.1. The number of rotatable bonds is 5. The topological polar surface area (TPSA) is 80.5 Å². The summed E-state index contributed by atoms with van der Waals surface area (Å²) in [7, 11) is -2.09. The second kappa shape index (κ2) is 5.97. The monoisotopic (exact) mass is 304 g/mol. The second-order valence-electron chi connectivity index (χ2n) is 4.60. The lowest BCUT2D eigenvalue weighted by molar-refractivity contribution is -0.117. The zero-order chi connectivity index (χ0) is 15.5. The van der Waals surface area contributed by atoms with E-state index >= 15 is 0 Å². The van der Waals surface area contributed by atoms with Crippen LogP contribution in [0, 0.1) is 0 Å². The van der Waals surface area contributed by atoms with Crippen molar-refractivity contribution in [2.45, 2.75) is 11.3 Å². The number of primary amides is 1. The third kappa shape index (κ3) is 3.41. The highest BCUT2D eigenvalue weighted by Gasteiger charge is 2.20. The number of sulfonamides is 1. The summed E-state index contributed by atoms with van der Waals surface area (Å²) in [4.78, 5) is 11.1. The number of amides is 1. The molecule has 0 aromatic heterocycles. The lowest BCUT2D eigenvalue weighted by Crippen LogP contribution is -2.26. The molecule has 21 heavy (non-hydrogen) atoms. The Bertz CT molecular complexity index is 725. The Hall–Kier alpha value is -2.34. The Kier molecular flexibility index (Phi) is 4.28. The SMILES string of the molecule is CN(c1ccc(CC(N)=O)cc1)S(=O)(=O)c1ccccc1. The predicted molar refractivity (Wildman–Crippen MR) is 81.4 cm³/mol. The average Bonchev–Trinajstić information content (AvgIpc) is 2.47. The smallest absolute Gasteiger partial charge is 0.264 e. The number of nitrogens with two attached hydrogens (primary N) is 1. The first-order valence-corrected chi connectivity index (χ1v) is 7.76. The summed E-state index contributed by atoms with van der Waals surface area (Å²) in [5, 5.41) is 0. The summed E-state index contributed by atoms with van der Waals surface area (Å²) in [6.45, 7) is 0. The predicted octanol–water partition coefficient (Wildman–Crippen LogP) is 1.54. The highest BCUT2D eigenvalue weighted by Crippen LogP contribution is 2.22. The molecule has 0 saturated heterocycles. The maximum Gasteiger partial charge on any atom is 0.264 e. The van der Waals surface area contributed by atoms with Crippen LogP contribution in [0.25, 0.3) is 0 Å². The number of carbonyl (C=O) groups excluding carboxylic acids is 1. The molecule has 110 valence electrons. The van der Waals surface area contributed by atoms with Crippen LogP contribution in [0.1, 0.15) is 5.56 Å². The largest absolute Gasteiger partial charge is 0.369 e. The fraction of sp³-hybridized carbons (Fsp3) is 0.133. The van der Waals surface area contributed by atoms with Gasteiger partial charge < -0.3 is 5.73 Å². The number of carbonyl (C=O) groups is 1. The van der Waals surface area contributed by atoms with Crippen molar-refractivity contribution >= 4 is 21.6 Å². The zero-order valence-electron chi connectivity index (χ0n) is 11.6. The van der Waals surface area contributed by atoms with Crippen molar-refractivity contribution in [2.24, 2.45) is 5.73 Å². The van der Waals surface area contributed by atoms with Crippen LogP contribution >= 0.6 is 0 Å². The van der Waals surface area contributed by atoms with Crippen LogP contribution < -0.4 is 10.0 Å². The number of nitrogens with zero attached hydrogens (tertiary/aromatic N) is 1. The van der Waals surface area contributed by atoms with Crippen LogP contribution in [0.3, 0.4) is 0 Å². The Morgan fingerprint density at radius 2 is 1.62 bits per heavy atom. The van der Waals surface area contributed by atoms with Gasteiger partial charge in [0.05, 0.1) is 17.0 Å². The van der Waals surface area contributed by atoms with Crippen LogP contribution in [-0.2, 0) is 21.2 Å². The normalized spacial score (nSPS) is 11.1. The van der Waals surface area contributed by atoms with Gasteiger partial charge in [0.2, 0.25) is 5.91 Å². The van der Waals surface area contributed by atoms with E-state index in [9.17, 15) is 13.2 Å². The lowest BCUT2D eigenvalue weighted by Gasteiger charge is -2.19. The molecule has 0 fully saturated rings. The average molecular weight is 304 g/mol. The molecule has 2 rings (SSSR count). The fourth-order valence-electron chi connectivity index (χ4n) is 1.91. The summed E-state index contributed by atoms with van der Waals surface area (Å²) in [5.41, 5.74) is 6.39. The first-order chi connectivity index (χ1) is 9.91. The van der Waals surface area contributed by atoms with E-state index in [4.69, 9.17) is 5.73 Å². The lowest BCUT2D eigenvalue weighted by atomic mass is 10.1. The molecule has 0 atom stereocenters. The van der Waals surface area contributed by atoms with Crippen LogP contribution in [-0.4, -0.2) is 21.4 Å². The molecule has 0 aliphatic carbocycles. The van der Waals surface area contributed by atoms with Gasteiger partial charge in [-0.05, 0) is 29.8 Å². The van der Waals surface area contributed by atoms with E-state index in [1.54, 1.807) is 54.6 Å². The van der Waals surface area contributed by atoms with Crippen LogP contribution in [0.4, 0.5) is 5.69 Å². The standard InChI is InChI=1S/C15H16N2O3S/c1-17(21(19,20)14-5-3-2-4-6-14)13-9-7-12(8-10-13)11-15(16)18/h2-10H,11H2,1H3,(H2,16,18). The van der Waals surface area contributed by atoms with E-state index in [0.29, 0.717) is 5.69 Å². The molecule has 0 saturated carbocycles. The molecule has 1 amide bonds. The Balaban J connectivity index is 2.27. The molecule has 0 spiro atoms. The van der Waals surface area contributed by atoms with Crippen molar-refractivity contribution in [3.8, 4) is 0 Å². The minimum absolute atomic E-state index is 0.134. The molecule has 5 nitrogen and oxygen atoms in total. The molecule has 6 heteroatoms. The van der Waals surface area contributed by atoms with E-state index in [-0.39, 0.29) is 11.3 Å². The van der Waals surface area contributed by atoms with Crippen molar-refractivity contribution < 1.29 is 13.2 Å². The molecule has 0 radical (unpaired) electrons. The first-order valence-electron chi connectivity index (χ1n) is 6.32. The Labute approximate surface area is 124 Å². The minimum Gasteiger partial charge on any atom is -0.369 e.